The van der Waals surface area contributed by atoms with E-state index in [1.54, 1.807) is 0 Å². The van der Waals surface area contributed by atoms with Gasteiger partial charge < -0.3 is 15.7 Å². The second-order valence-electron chi connectivity index (χ2n) is 8.92. The molecule has 2 heterocycles. The first kappa shape index (κ1) is 25.0. The fraction of sp³-hybridized carbons (Fsp3) is 0.500. The number of aliphatic hydroxyl groups is 1. The lowest BCUT2D eigenvalue weighted by Crippen LogP contribution is -2.52. The molecule has 3 unspecified atom stereocenters. The first-order valence-corrected chi connectivity index (χ1v) is 11.8. The number of benzene rings is 2. The van der Waals surface area contributed by atoms with Crippen LogP contribution in [0, 0.1) is 0 Å². The Labute approximate surface area is 209 Å². The molecule has 2 bridgehead atoms. The Kier molecular flexibility index (Phi) is 9.81. The number of nitrogens with one attached hydrogen (secondary N) is 2. The standard InChI is InChI=1S/C26H36N4O.HI/c1-2-27-26(28-18-25(31)15-20-9-5-3-6-10-20)29-22-16-23-13-14-24(17-22)30(23)19-21-11-7-4-8-12-21;/h3-12,22-25,31H,2,13-19H2,1H3,(H2,27,28,29);1H. The van der Waals surface area contributed by atoms with Gasteiger partial charge in [-0.2, -0.15) is 0 Å². The molecular weight excluding hydrogens is 511 g/mol. The highest BCUT2D eigenvalue weighted by molar-refractivity contribution is 14.0. The maximum atomic E-state index is 10.4. The van der Waals surface area contributed by atoms with E-state index in [9.17, 15) is 5.11 Å². The molecule has 2 fully saturated rings. The lowest BCUT2D eigenvalue weighted by atomic mass is 9.96. The van der Waals surface area contributed by atoms with Gasteiger partial charge in [0.15, 0.2) is 5.96 Å². The Morgan fingerprint density at radius 2 is 1.59 bits per heavy atom. The summed E-state index contributed by atoms with van der Waals surface area (Å²) < 4.78 is 0. The van der Waals surface area contributed by atoms with Crippen molar-refractivity contribution in [2.24, 2.45) is 4.99 Å². The van der Waals surface area contributed by atoms with Crippen molar-refractivity contribution in [2.75, 3.05) is 13.1 Å². The van der Waals surface area contributed by atoms with Crippen LogP contribution in [0.5, 0.6) is 0 Å². The maximum Gasteiger partial charge on any atom is 0.191 e. The Balaban J connectivity index is 0.00000289. The number of guanidine groups is 1. The predicted octanol–water partition coefficient (Wildman–Crippen LogP) is 3.96. The molecule has 2 aliphatic heterocycles. The van der Waals surface area contributed by atoms with Crippen LogP contribution >= 0.6 is 24.0 Å². The molecule has 2 aliphatic rings. The summed E-state index contributed by atoms with van der Waals surface area (Å²) in [4.78, 5) is 7.40. The number of hydrogen-bond acceptors (Lipinski definition) is 3. The van der Waals surface area contributed by atoms with E-state index in [1.165, 1.54) is 18.4 Å². The van der Waals surface area contributed by atoms with E-state index in [0.717, 1.165) is 37.5 Å². The van der Waals surface area contributed by atoms with E-state index < -0.39 is 6.10 Å². The van der Waals surface area contributed by atoms with Gasteiger partial charge in [0.1, 0.15) is 0 Å². The first-order chi connectivity index (χ1) is 15.2. The summed E-state index contributed by atoms with van der Waals surface area (Å²) in [7, 11) is 0. The van der Waals surface area contributed by atoms with Gasteiger partial charge in [-0.05, 0) is 43.7 Å². The summed E-state index contributed by atoms with van der Waals surface area (Å²) in [6, 6.07) is 22.7. The Morgan fingerprint density at radius 1 is 1.00 bits per heavy atom. The predicted molar refractivity (Wildman–Crippen MR) is 142 cm³/mol. The van der Waals surface area contributed by atoms with Crippen LogP contribution in [0.15, 0.2) is 65.7 Å². The number of rotatable bonds is 8. The Hall–Kier alpha value is -1.64. The highest BCUT2D eigenvalue weighted by atomic mass is 127. The molecule has 0 radical (unpaired) electrons. The van der Waals surface area contributed by atoms with E-state index in [4.69, 9.17) is 4.99 Å². The van der Waals surface area contributed by atoms with E-state index in [-0.39, 0.29) is 24.0 Å². The van der Waals surface area contributed by atoms with Crippen molar-refractivity contribution in [1.82, 2.24) is 15.5 Å². The molecular formula is C26H37IN4O. The molecule has 4 rings (SSSR count). The van der Waals surface area contributed by atoms with Gasteiger partial charge >= 0.3 is 0 Å². The zero-order chi connectivity index (χ0) is 21.5. The average molecular weight is 549 g/mol. The molecule has 2 aromatic rings. The second kappa shape index (κ2) is 12.6. The van der Waals surface area contributed by atoms with E-state index >= 15 is 0 Å². The van der Waals surface area contributed by atoms with Crippen molar-refractivity contribution in [3.8, 4) is 0 Å². The molecule has 0 aliphatic carbocycles. The van der Waals surface area contributed by atoms with Crippen LogP contribution in [0.1, 0.15) is 43.7 Å². The third-order valence-electron chi connectivity index (χ3n) is 6.55. The zero-order valence-corrected chi connectivity index (χ0v) is 21.3. The van der Waals surface area contributed by atoms with Gasteiger partial charge in [0.25, 0.3) is 0 Å². The Bertz CT molecular complexity index is 818. The highest BCUT2D eigenvalue weighted by Crippen LogP contribution is 2.36. The summed E-state index contributed by atoms with van der Waals surface area (Å²) >= 11 is 0. The van der Waals surface area contributed by atoms with Crippen LogP contribution < -0.4 is 10.6 Å². The third kappa shape index (κ3) is 6.93. The number of hydrogen-bond donors (Lipinski definition) is 3. The van der Waals surface area contributed by atoms with Gasteiger partial charge in [0, 0.05) is 37.6 Å². The zero-order valence-electron chi connectivity index (χ0n) is 19.0. The monoisotopic (exact) mass is 548 g/mol. The van der Waals surface area contributed by atoms with Crippen molar-refractivity contribution in [3.63, 3.8) is 0 Å². The number of halogens is 1. The highest BCUT2D eigenvalue weighted by Gasteiger charge is 2.40. The smallest absolute Gasteiger partial charge is 0.191 e. The average Bonchev–Trinajstić information content (AvgIpc) is 3.01. The van der Waals surface area contributed by atoms with Crippen molar-refractivity contribution in [3.05, 3.63) is 71.8 Å². The van der Waals surface area contributed by atoms with Crippen LogP contribution in [0.4, 0.5) is 0 Å². The minimum atomic E-state index is -0.471. The van der Waals surface area contributed by atoms with Crippen LogP contribution in [-0.2, 0) is 13.0 Å². The van der Waals surface area contributed by atoms with Gasteiger partial charge in [0.05, 0.1) is 12.6 Å². The topological polar surface area (TPSA) is 59.9 Å². The summed E-state index contributed by atoms with van der Waals surface area (Å²) in [5.74, 6) is 0.829. The SMILES string of the molecule is CCNC(=NCC(O)Cc1ccccc1)NC1CC2CCC(C1)N2Cc1ccccc1.I. The number of aliphatic hydroxyl groups excluding tert-OH is 1. The van der Waals surface area contributed by atoms with Crippen molar-refractivity contribution < 1.29 is 5.11 Å². The normalized spacial score (nSPS) is 23.9. The summed E-state index contributed by atoms with van der Waals surface area (Å²) in [5, 5.41) is 17.5. The molecule has 2 aromatic carbocycles. The fourth-order valence-electron chi connectivity index (χ4n) is 5.11. The van der Waals surface area contributed by atoms with Crippen molar-refractivity contribution in [2.45, 2.75) is 69.8 Å². The fourth-order valence-corrected chi connectivity index (χ4v) is 5.11. The quantitative estimate of drug-likeness (QED) is 0.266. The molecule has 2 saturated heterocycles. The van der Waals surface area contributed by atoms with Crippen LogP contribution in [-0.4, -0.2) is 53.3 Å². The largest absolute Gasteiger partial charge is 0.391 e. The molecule has 3 N–H and O–H groups in total. The van der Waals surface area contributed by atoms with Crippen LogP contribution in [0.3, 0.4) is 0 Å². The first-order valence-electron chi connectivity index (χ1n) is 11.8. The molecule has 174 valence electrons. The van der Waals surface area contributed by atoms with Gasteiger partial charge in [-0.25, -0.2) is 0 Å². The van der Waals surface area contributed by atoms with Crippen LogP contribution in [0.2, 0.25) is 0 Å². The Morgan fingerprint density at radius 3 is 2.19 bits per heavy atom. The van der Waals surface area contributed by atoms with E-state index in [0.29, 0.717) is 31.1 Å². The van der Waals surface area contributed by atoms with Gasteiger partial charge in [-0.1, -0.05) is 60.7 Å². The lowest BCUT2D eigenvalue weighted by molar-refractivity contribution is 0.114. The molecule has 32 heavy (non-hydrogen) atoms. The molecule has 0 spiro atoms. The maximum absolute atomic E-state index is 10.4. The molecule has 0 saturated carbocycles. The third-order valence-corrected chi connectivity index (χ3v) is 6.55. The lowest BCUT2D eigenvalue weighted by Gasteiger charge is -2.39. The van der Waals surface area contributed by atoms with E-state index in [1.807, 2.05) is 18.2 Å². The van der Waals surface area contributed by atoms with Crippen molar-refractivity contribution in [1.29, 1.82) is 0 Å². The minimum Gasteiger partial charge on any atom is -0.391 e. The van der Waals surface area contributed by atoms with Crippen molar-refractivity contribution >= 4 is 29.9 Å². The minimum absolute atomic E-state index is 0. The van der Waals surface area contributed by atoms with Crippen LogP contribution in [0.25, 0.3) is 0 Å². The summed E-state index contributed by atoms with van der Waals surface area (Å²) in [5.41, 5.74) is 2.55. The molecule has 6 heteroatoms. The molecule has 5 nitrogen and oxygen atoms in total. The second-order valence-corrected chi connectivity index (χ2v) is 8.92. The van der Waals surface area contributed by atoms with Gasteiger partial charge in [0.2, 0.25) is 0 Å². The number of piperidine rings is 1. The molecule has 0 aromatic heterocycles. The molecule has 3 atom stereocenters. The number of aliphatic imine (C=N–C) groups is 1. The van der Waals surface area contributed by atoms with E-state index in [2.05, 4.69) is 64.9 Å². The van der Waals surface area contributed by atoms with Gasteiger partial charge in [-0.3, -0.25) is 9.89 Å². The number of nitrogens with zero attached hydrogens (tertiary/aromatic N) is 2. The summed E-state index contributed by atoms with van der Waals surface area (Å²) in [6.45, 7) is 4.37. The number of fused-ring (bicyclic) bond motifs is 2. The summed E-state index contributed by atoms with van der Waals surface area (Å²) in [6.07, 6.45) is 5.05. The molecule has 0 amide bonds. The van der Waals surface area contributed by atoms with Gasteiger partial charge in [-0.15, -0.1) is 24.0 Å².